The first-order valence-electron chi connectivity index (χ1n) is 6.73. The molecule has 1 aromatic rings. The fourth-order valence-electron chi connectivity index (χ4n) is 2.78. The van der Waals surface area contributed by atoms with Crippen molar-refractivity contribution in [1.82, 2.24) is 0 Å². The van der Waals surface area contributed by atoms with Crippen molar-refractivity contribution in [1.29, 1.82) is 0 Å². The van der Waals surface area contributed by atoms with E-state index in [0.29, 0.717) is 17.5 Å². The fourth-order valence-corrected chi connectivity index (χ4v) is 2.78. The highest BCUT2D eigenvalue weighted by Gasteiger charge is 2.28. The lowest BCUT2D eigenvalue weighted by Crippen LogP contribution is -2.35. The number of nitro benzene ring substituents is 1. The van der Waals surface area contributed by atoms with Gasteiger partial charge in [0.1, 0.15) is 11.4 Å². The Kier molecular flexibility index (Phi) is 3.93. The zero-order chi connectivity index (χ0) is 14.0. The molecular weight excluding hydrogens is 244 g/mol. The summed E-state index contributed by atoms with van der Waals surface area (Å²) in [5.74, 6) is 1.03. The Bertz CT molecular complexity index is 476. The maximum absolute atomic E-state index is 11.0. The Labute approximate surface area is 112 Å². The van der Waals surface area contributed by atoms with Gasteiger partial charge in [0.2, 0.25) is 0 Å². The first-order valence-corrected chi connectivity index (χ1v) is 6.73. The van der Waals surface area contributed by atoms with Gasteiger partial charge in [-0.05, 0) is 30.4 Å². The maximum Gasteiger partial charge on any atom is 0.296 e. The quantitative estimate of drug-likeness (QED) is 0.497. The number of hydrogen-bond acceptors (Lipinski definition) is 4. The molecule has 1 aliphatic carbocycles. The van der Waals surface area contributed by atoms with Crippen LogP contribution in [-0.2, 0) is 0 Å². The molecule has 2 N–H and O–H groups in total. The SMILES string of the molecule is CC1CCCC(Nc2ccc(O)cc2[N+](=O)[O-])C1C. The van der Waals surface area contributed by atoms with Crippen LogP contribution in [0.5, 0.6) is 5.75 Å². The lowest BCUT2D eigenvalue weighted by atomic mass is 9.78. The van der Waals surface area contributed by atoms with Crippen molar-refractivity contribution in [2.75, 3.05) is 5.32 Å². The molecule has 3 unspecified atom stereocenters. The number of rotatable bonds is 3. The van der Waals surface area contributed by atoms with Crippen LogP contribution in [0.2, 0.25) is 0 Å². The fraction of sp³-hybridized carbons (Fsp3) is 0.571. The van der Waals surface area contributed by atoms with Crippen LogP contribution < -0.4 is 5.32 Å². The second-order valence-electron chi connectivity index (χ2n) is 5.48. The number of nitrogens with zero attached hydrogens (tertiary/aromatic N) is 1. The summed E-state index contributed by atoms with van der Waals surface area (Å²) in [5.41, 5.74) is 0.430. The molecule has 1 aliphatic rings. The molecule has 0 bridgehead atoms. The van der Waals surface area contributed by atoms with E-state index in [1.807, 2.05) is 0 Å². The van der Waals surface area contributed by atoms with Gasteiger partial charge >= 0.3 is 0 Å². The first-order chi connectivity index (χ1) is 8.99. The van der Waals surface area contributed by atoms with Crippen molar-refractivity contribution in [3.05, 3.63) is 28.3 Å². The van der Waals surface area contributed by atoms with Gasteiger partial charge in [-0.3, -0.25) is 10.1 Å². The monoisotopic (exact) mass is 264 g/mol. The summed E-state index contributed by atoms with van der Waals surface area (Å²) in [7, 11) is 0. The van der Waals surface area contributed by atoms with Crippen molar-refractivity contribution in [2.24, 2.45) is 11.8 Å². The predicted molar refractivity (Wildman–Crippen MR) is 74.4 cm³/mol. The third-order valence-electron chi connectivity index (χ3n) is 4.23. The van der Waals surface area contributed by atoms with E-state index in [1.54, 1.807) is 6.07 Å². The molecule has 19 heavy (non-hydrogen) atoms. The molecule has 1 fully saturated rings. The summed E-state index contributed by atoms with van der Waals surface area (Å²) >= 11 is 0. The van der Waals surface area contributed by atoms with Gasteiger partial charge in [0, 0.05) is 6.04 Å². The number of benzene rings is 1. The van der Waals surface area contributed by atoms with Crippen LogP contribution >= 0.6 is 0 Å². The smallest absolute Gasteiger partial charge is 0.296 e. The zero-order valence-corrected chi connectivity index (χ0v) is 11.3. The molecule has 0 spiro atoms. The molecule has 3 atom stereocenters. The molecule has 0 radical (unpaired) electrons. The molecule has 0 saturated heterocycles. The van der Waals surface area contributed by atoms with Gasteiger partial charge in [-0.2, -0.15) is 0 Å². The van der Waals surface area contributed by atoms with Crippen molar-refractivity contribution in [3.63, 3.8) is 0 Å². The van der Waals surface area contributed by atoms with E-state index in [1.165, 1.54) is 18.6 Å². The van der Waals surface area contributed by atoms with E-state index < -0.39 is 4.92 Å². The van der Waals surface area contributed by atoms with Crippen molar-refractivity contribution < 1.29 is 10.0 Å². The second kappa shape index (κ2) is 5.47. The van der Waals surface area contributed by atoms with Crippen LogP contribution in [0.1, 0.15) is 33.1 Å². The van der Waals surface area contributed by atoms with E-state index >= 15 is 0 Å². The number of hydrogen-bond donors (Lipinski definition) is 2. The van der Waals surface area contributed by atoms with Gasteiger partial charge in [0.15, 0.2) is 0 Å². The Morgan fingerprint density at radius 1 is 1.37 bits per heavy atom. The van der Waals surface area contributed by atoms with Crippen LogP contribution in [-0.4, -0.2) is 16.1 Å². The second-order valence-corrected chi connectivity index (χ2v) is 5.48. The summed E-state index contributed by atoms with van der Waals surface area (Å²) < 4.78 is 0. The first kappa shape index (κ1) is 13.6. The maximum atomic E-state index is 11.0. The van der Waals surface area contributed by atoms with Gasteiger partial charge in [-0.1, -0.05) is 26.7 Å². The van der Waals surface area contributed by atoms with Gasteiger partial charge in [-0.15, -0.1) is 0 Å². The molecule has 2 rings (SSSR count). The molecule has 1 aromatic carbocycles. The number of nitrogens with one attached hydrogen (secondary N) is 1. The zero-order valence-electron chi connectivity index (χ0n) is 11.3. The van der Waals surface area contributed by atoms with Crippen molar-refractivity contribution in [3.8, 4) is 5.75 Å². The third kappa shape index (κ3) is 2.97. The van der Waals surface area contributed by atoms with E-state index in [9.17, 15) is 15.2 Å². The van der Waals surface area contributed by atoms with Crippen molar-refractivity contribution in [2.45, 2.75) is 39.2 Å². The molecule has 0 heterocycles. The highest BCUT2D eigenvalue weighted by atomic mass is 16.6. The molecule has 1 saturated carbocycles. The minimum Gasteiger partial charge on any atom is -0.508 e. The highest BCUT2D eigenvalue weighted by molar-refractivity contribution is 5.64. The molecule has 0 aromatic heterocycles. The molecule has 104 valence electrons. The summed E-state index contributed by atoms with van der Waals surface area (Å²) in [5, 5.41) is 23.7. The van der Waals surface area contributed by atoms with Crippen LogP contribution in [0.15, 0.2) is 18.2 Å². The van der Waals surface area contributed by atoms with E-state index in [2.05, 4.69) is 19.2 Å². The van der Waals surface area contributed by atoms with E-state index in [4.69, 9.17) is 0 Å². The Hall–Kier alpha value is -1.78. The molecule has 5 nitrogen and oxygen atoms in total. The normalized spacial score (nSPS) is 26.9. The summed E-state index contributed by atoms with van der Waals surface area (Å²) in [6.45, 7) is 4.41. The highest BCUT2D eigenvalue weighted by Crippen LogP contribution is 2.35. The number of nitro groups is 1. The summed E-state index contributed by atoms with van der Waals surface area (Å²) in [6, 6.07) is 4.51. The average Bonchev–Trinajstić information content (AvgIpc) is 2.36. The van der Waals surface area contributed by atoms with Crippen LogP contribution in [0.3, 0.4) is 0 Å². The molecular formula is C14H20N2O3. The average molecular weight is 264 g/mol. The van der Waals surface area contributed by atoms with Crippen LogP contribution in [0.4, 0.5) is 11.4 Å². The Morgan fingerprint density at radius 2 is 2.11 bits per heavy atom. The number of phenolic OH excluding ortho intramolecular Hbond substituents is 1. The number of aromatic hydroxyl groups is 1. The molecule has 0 aliphatic heterocycles. The third-order valence-corrected chi connectivity index (χ3v) is 4.23. The Balaban J connectivity index is 2.21. The summed E-state index contributed by atoms with van der Waals surface area (Å²) in [6.07, 6.45) is 3.40. The minimum atomic E-state index is -0.459. The van der Waals surface area contributed by atoms with Crippen LogP contribution in [0.25, 0.3) is 0 Å². The Morgan fingerprint density at radius 3 is 2.79 bits per heavy atom. The van der Waals surface area contributed by atoms with Crippen molar-refractivity contribution >= 4 is 11.4 Å². The van der Waals surface area contributed by atoms with Gasteiger partial charge in [0.25, 0.3) is 5.69 Å². The standard InChI is InChI=1S/C14H20N2O3/c1-9-4-3-5-12(10(9)2)15-13-7-6-11(17)8-14(13)16(18)19/h6-10,12,15,17H,3-5H2,1-2H3. The predicted octanol–water partition coefficient (Wildman–Crippen LogP) is 3.54. The van der Waals surface area contributed by atoms with Gasteiger partial charge in [0.05, 0.1) is 11.0 Å². The molecule has 5 heteroatoms. The summed E-state index contributed by atoms with van der Waals surface area (Å²) in [4.78, 5) is 10.6. The largest absolute Gasteiger partial charge is 0.508 e. The van der Waals surface area contributed by atoms with E-state index in [-0.39, 0.29) is 17.5 Å². The van der Waals surface area contributed by atoms with Gasteiger partial charge in [-0.25, -0.2) is 0 Å². The minimum absolute atomic E-state index is 0.0644. The lowest BCUT2D eigenvalue weighted by Gasteiger charge is -2.35. The topological polar surface area (TPSA) is 75.4 Å². The number of anilines is 1. The molecule has 0 amide bonds. The van der Waals surface area contributed by atoms with E-state index in [0.717, 1.165) is 12.8 Å². The number of phenols is 1. The van der Waals surface area contributed by atoms with Gasteiger partial charge < -0.3 is 10.4 Å². The lowest BCUT2D eigenvalue weighted by molar-refractivity contribution is -0.384. The van der Waals surface area contributed by atoms with Crippen LogP contribution in [0, 0.1) is 22.0 Å².